The van der Waals surface area contributed by atoms with Gasteiger partial charge in [-0.15, -0.1) is 0 Å². The molecule has 0 radical (unpaired) electrons. The summed E-state index contributed by atoms with van der Waals surface area (Å²) in [6.45, 7) is -0.360. The fraction of sp³-hybridized carbons (Fsp3) is 1.00. The van der Waals surface area contributed by atoms with Gasteiger partial charge in [0.05, 0.1) is 12.6 Å². The number of methoxy groups -OCH3 is 1. The van der Waals surface area contributed by atoms with E-state index in [1.165, 1.54) is 7.11 Å². The predicted octanol–water partition coefficient (Wildman–Crippen LogP) is -2.60. The van der Waals surface area contributed by atoms with Crippen molar-refractivity contribution in [1.29, 1.82) is 0 Å². The molecular weight excluding hydrogens is 178 g/mol. The molecule has 5 N–H and O–H groups in total. The standard InChI is InChI=1S/C7H15NO5/c1-12-7-6(11)4(8)5(10)3(2-9)13-7/h3-7,9-11H,2,8H2,1H3/t3-,4+,5+,6-,7-/m1/s1. The Morgan fingerprint density at radius 3 is 2.46 bits per heavy atom. The molecule has 0 bridgehead atoms. The van der Waals surface area contributed by atoms with E-state index in [0.717, 1.165) is 0 Å². The molecule has 6 nitrogen and oxygen atoms in total. The quantitative estimate of drug-likeness (QED) is 0.383. The zero-order valence-electron chi connectivity index (χ0n) is 7.33. The van der Waals surface area contributed by atoms with Gasteiger partial charge in [-0.1, -0.05) is 0 Å². The van der Waals surface area contributed by atoms with Crippen LogP contribution < -0.4 is 5.73 Å². The lowest BCUT2D eigenvalue weighted by Crippen LogP contribution is -2.62. The number of rotatable bonds is 2. The van der Waals surface area contributed by atoms with E-state index in [2.05, 4.69) is 0 Å². The van der Waals surface area contributed by atoms with Crippen molar-refractivity contribution in [3.63, 3.8) is 0 Å². The first kappa shape index (κ1) is 10.8. The second-order valence-electron chi connectivity index (χ2n) is 3.02. The molecule has 1 aliphatic rings. The molecule has 0 aromatic rings. The molecule has 1 rings (SSSR count). The number of aliphatic hydroxyl groups excluding tert-OH is 3. The maximum absolute atomic E-state index is 9.40. The van der Waals surface area contributed by atoms with Gasteiger partial charge in [-0.05, 0) is 0 Å². The maximum atomic E-state index is 9.40. The molecule has 0 aliphatic carbocycles. The van der Waals surface area contributed by atoms with Gasteiger partial charge in [-0.2, -0.15) is 0 Å². The van der Waals surface area contributed by atoms with Crippen LogP contribution in [-0.2, 0) is 9.47 Å². The summed E-state index contributed by atoms with van der Waals surface area (Å²) < 4.78 is 9.81. The second-order valence-corrected chi connectivity index (χ2v) is 3.02. The Kier molecular flexibility index (Phi) is 3.60. The SMILES string of the molecule is CO[C@@H]1O[C@H](CO)[C@H](O)[C@H](N)[C@H]1O. The van der Waals surface area contributed by atoms with E-state index in [0.29, 0.717) is 0 Å². The zero-order chi connectivity index (χ0) is 10.0. The first-order chi connectivity index (χ1) is 6.11. The van der Waals surface area contributed by atoms with E-state index in [9.17, 15) is 10.2 Å². The predicted molar refractivity (Wildman–Crippen MR) is 42.7 cm³/mol. The monoisotopic (exact) mass is 193 g/mol. The van der Waals surface area contributed by atoms with Gasteiger partial charge in [0, 0.05) is 7.11 Å². The molecule has 0 saturated carbocycles. The summed E-state index contributed by atoms with van der Waals surface area (Å²) in [4.78, 5) is 0. The highest BCUT2D eigenvalue weighted by Crippen LogP contribution is 2.19. The van der Waals surface area contributed by atoms with Crippen LogP contribution >= 0.6 is 0 Å². The van der Waals surface area contributed by atoms with Crippen LogP contribution in [0.1, 0.15) is 0 Å². The first-order valence-electron chi connectivity index (χ1n) is 4.02. The molecule has 1 aliphatic heterocycles. The lowest BCUT2D eigenvalue weighted by atomic mass is 9.97. The number of aliphatic hydroxyl groups is 3. The Morgan fingerprint density at radius 2 is 2.00 bits per heavy atom. The first-order valence-corrected chi connectivity index (χ1v) is 4.02. The number of hydrogen-bond acceptors (Lipinski definition) is 6. The Bertz CT molecular complexity index is 147. The summed E-state index contributed by atoms with van der Waals surface area (Å²) in [6, 6.07) is -0.865. The summed E-state index contributed by atoms with van der Waals surface area (Å²) in [5.41, 5.74) is 5.48. The van der Waals surface area contributed by atoms with Crippen molar-refractivity contribution in [2.45, 2.75) is 30.6 Å². The van der Waals surface area contributed by atoms with Crippen LogP contribution in [0.5, 0.6) is 0 Å². The van der Waals surface area contributed by atoms with E-state index in [1.54, 1.807) is 0 Å². The van der Waals surface area contributed by atoms with E-state index in [1.807, 2.05) is 0 Å². The van der Waals surface area contributed by atoms with Gasteiger partial charge in [0.15, 0.2) is 6.29 Å². The van der Waals surface area contributed by atoms with E-state index in [-0.39, 0.29) is 6.61 Å². The zero-order valence-corrected chi connectivity index (χ0v) is 7.33. The van der Waals surface area contributed by atoms with Crippen LogP contribution in [0.15, 0.2) is 0 Å². The van der Waals surface area contributed by atoms with Crippen LogP contribution in [0.3, 0.4) is 0 Å². The van der Waals surface area contributed by atoms with Gasteiger partial charge in [-0.25, -0.2) is 0 Å². The molecule has 6 heteroatoms. The summed E-state index contributed by atoms with van der Waals surface area (Å²) in [6.07, 6.45) is -3.85. The van der Waals surface area contributed by atoms with Crippen molar-refractivity contribution in [3.05, 3.63) is 0 Å². The van der Waals surface area contributed by atoms with Crippen LogP contribution in [0.4, 0.5) is 0 Å². The molecule has 0 aromatic carbocycles. The average Bonchev–Trinajstić information content (AvgIpc) is 2.15. The topological polar surface area (TPSA) is 105 Å². The highest BCUT2D eigenvalue weighted by molar-refractivity contribution is 4.91. The molecule has 1 saturated heterocycles. The summed E-state index contributed by atoms with van der Waals surface area (Å²) in [7, 11) is 1.35. The molecular formula is C7H15NO5. The molecule has 0 amide bonds. The highest BCUT2D eigenvalue weighted by Gasteiger charge is 2.42. The molecule has 1 heterocycles. The normalized spacial score (nSPS) is 46.4. The third-order valence-electron chi connectivity index (χ3n) is 2.17. The van der Waals surface area contributed by atoms with Crippen molar-refractivity contribution in [2.75, 3.05) is 13.7 Å². The van der Waals surface area contributed by atoms with Gasteiger partial charge in [0.2, 0.25) is 0 Å². The minimum Gasteiger partial charge on any atom is -0.394 e. The van der Waals surface area contributed by atoms with Crippen molar-refractivity contribution >= 4 is 0 Å². The smallest absolute Gasteiger partial charge is 0.185 e. The molecule has 78 valence electrons. The van der Waals surface area contributed by atoms with E-state index < -0.39 is 30.6 Å². The van der Waals surface area contributed by atoms with Crippen LogP contribution in [0.2, 0.25) is 0 Å². The number of nitrogens with two attached hydrogens (primary N) is 1. The number of hydrogen-bond donors (Lipinski definition) is 4. The van der Waals surface area contributed by atoms with Crippen LogP contribution in [0, 0.1) is 0 Å². The van der Waals surface area contributed by atoms with Gasteiger partial charge in [-0.3, -0.25) is 0 Å². The van der Waals surface area contributed by atoms with Crippen molar-refractivity contribution < 1.29 is 24.8 Å². The van der Waals surface area contributed by atoms with Gasteiger partial charge >= 0.3 is 0 Å². The molecule has 1 fully saturated rings. The lowest BCUT2D eigenvalue weighted by Gasteiger charge is -2.39. The third-order valence-corrected chi connectivity index (χ3v) is 2.17. The highest BCUT2D eigenvalue weighted by atomic mass is 16.7. The minimum absolute atomic E-state index is 0.360. The summed E-state index contributed by atoms with van der Waals surface area (Å²) in [5.74, 6) is 0. The molecule has 5 atom stereocenters. The van der Waals surface area contributed by atoms with Crippen molar-refractivity contribution in [1.82, 2.24) is 0 Å². The van der Waals surface area contributed by atoms with Crippen LogP contribution in [0.25, 0.3) is 0 Å². The largest absolute Gasteiger partial charge is 0.394 e. The third kappa shape index (κ3) is 1.98. The molecule has 0 unspecified atom stereocenters. The Balaban J connectivity index is 2.66. The fourth-order valence-corrected chi connectivity index (χ4v) is 1.31. The molecule has 13 heavy (non-hydrogen) atoms. The van der Waals surface area contributed by atoms with Crippen molar-refractivity contribution in [3.8, 4) is 0 Å². The minimum atomic E-state index is -1.08. The van der Waals surface area contributed by atoms with Gasteiger partial charge in [0.1, 0.15) is 18.3 Å². The fourth-order valence-electron chi connectivity index (χ4n) is 1.31. The lowest BCUT2D eigenvalue weighted by molar-refractivity contribution is -0.267. The maximum Gasteiger partial charge on any atom is 0.185 e. The Hall–Kier alpha value is -0.240. The summed E-state index contributed by atoms with van der Waals surface area (Å²) in [5, 5.41) is 27.6. The van der Waals surface area contributed by atoms with Gasteiger partial charge < -0.3 is 30.5 Å². The Morgan fingerprint density at radius 1 is 1.38 bits per heavy atom. The van der Waals surface area contributed by atoms with E-state index >= 15 is 0 Å². The Labute approximate surface area is 75.9 Å². The molecule has 0 aromatic heterocycles. The van der Waals surface area contributed by atoms with Crippen LogP contribution in [-0.4, -0.2) is 59.7 Å². The van der Waals surface area contributed by atoms with E-state index in [4.69, 9.17) is 20.3 Å². The average molecular weight is 193 g/mol. The second kappa shape index (κ2) is 4.32. The van der Waals surface area contributed by atoms with Gasteiger partial charge in [0.25, 0.3) is 0 Å². The summed E-state index contributed by atoms with van der Waals surface area (Å²) >= 11 is 0. The molecule has 0 spiro atoms. The number of ether oxygens (including phenoxy) is 2. The van der Waals surface area contributed by atoms with Crippen molar-refractivity contribution in [2.24, 2.45) is 5.73 Å².